The summed E-state index contributed by atoms with van der Waals surface area (Å²) >= 11 is 0. The van der Waals surface area contributed by atoms with E-state index in [4.69, 9.17) is 5.73 Å². The van der Waals surface area contributed by atoms with Gasteiger partial charge in [0.2, 0.25) is 0 Å². The maximum Gasteiger partial charge on any atom is 0.258 e. The highest BCUT2D eigenvalue weighted by Crippen LogP contribution is 2.20. The topological polar surface area (TPSA) is 46.3 Å². The number of nitrogens with zero attached hydrogens (tertiary/aromatic N) is 1. The predicted octanol–water partition coefficient (Wildman–Crippen LogP) is 3.50. The molecule has 0 aliphatic carbocycles. The van der Waals surface area contributed by atoms with E-state index in [2.05, 4.69) is 6.92 Å². The lowest BCUT2D eigenvalue weighted by Crippen LogP contribution is -2.30. The third kappa shape index (κ3) is 2.99. The number of anilines is 2. The number of aryl methyl sites for hydroxylation is 1. The molecule has 1 amide bonds. The van der Waals surface area contributed by atoms with Crippen molar-refractivity contribution in [1.82, 2.24) is 0 Å². The van der Waals surface area contributed by atoms with Crippen LogP contribution in [0.5, 0.6) is 0 Å². The molecule has 3 nitrogen and oxygen atoms in total. The summed E-state index contributed by atoms with van der Waals surface area (Å²) in [6.07, 6.45) is 0.973. The van der Waals surface area contributed by atoms with Gasteiger partial charge in [-0.2, -0.15) is 0 Å². The highest BCUT2D eigenvalue weighted by atomic mass is 16.2. The van der Waals surface area contributed by atoms with Crippen molar-refractivity contribution in [3.63, 3.8) is 0 Å². The fourth-order valence-corrected chi connectivity index (χ4v) is 2.17. The van der Waals surface area contributed by atoms with Crippen LogP contribution in [0.1, 0.15) is 29.8 Å². The quantitative estimate of drug-likeness (QED) is 0.863. The fraction of sp³-hybridized carbons (Fsp3) is 0.235. The molecule has 0 bridgehead atoms. The van der Waals surface area contributed by atoms with Crippen LogP contribution in [0.25, 0.3) is 0 Å². The van der Waals surface area contributed by atoms with Gasteiger partial charge in [0.1, 0.15) is 0 Å². The molecule has 20 heavy (non-hydrogen) atoms. The number of rotatable bonds is 4. The molecule has 2 N–H and O–H groups in total. The number of carbonyl (C=O) groups is 1. The Hall–Kier alpha value is -2.29. The van der Waals surface area contributed by atoms with Gasteiger partial charge in [-0.25, -0.2) is 0 Å². The first-order chi connectivity index (χ1) is 9.65. The van der Waals surface area contributed by atoms with Crippen LogP contribution in [0.15, 0.2) is 48.5 Å². The van der Waals surface area contributed by atoms with E-state index in [0.717, 1.165) is 12.1 Å². The lowest BCUT2D eigenvalue weighted by molar-refractivity contribution is 0.0988. The van der Waals surface area contributed by atoms with Gasteiger partial charge in [0.15, 0.2) is 0 Å². The average Bonchev–Trinajstić information content (AvgIpc) is 2.48. The van der Waals surface area contributed by atoms with Crippen molar-refractivity contribution >= 4 is 17.3 Å². The van der Waals surface area contributed by atoms with E-state index in [0.29, 0.717) is 17.8 Å². The summed E-state index contributed by atoms with van der Waals surface area (Å²) in [5.41, 5.74) is 9.21. The van der Waals surface area contributed by atoms with Gasteiger partial charge in [-0.1, -0.05) is 25.1 Å². The number of hydrogen-bond donors (Lipinski definition) is 1. The van der Waals surface area contributed by atoms with Crippen LogP contribution in [0.4, 0.5) is 11.4 Å². The van der Waals surface area contributed by atoms with Crippen LogP contribution in [0.3, 0.4) is 0 Å². The van der Waals surface area contributed by atoms with Crippen molar-refractivity contribution in [3.8, 4) is 0 Å². The van der Waals surface area contributed by atoms with Gasteiger partial charge >= 0.3 is 0 Å². The molecule has 0 saturated heterocycles. The summed E-state index contributed by atoms with van der Waals surface area (Å²) in [5, 5.41) is 0. The SMILES string of the molecule is CCc1ccc(C(=O)N(CC)c2cccc(N)c2)cc1. The smallest absolute Gasteiger partial charge is 0.258 e. The van der Waals surface area contributed by atoms with E-state index >= 15 is 0 Å². The van der Waals surface area contributed by atoms with Crippen LogP contribution < -0.4 is 10.6 Å². The summed E-state index contributed by atoms with van der Waals surface area (Å²) in [4.78, 5) is 14.3. The molecule has 3 heteroatoms. The van der Waals surface area contributed by atoms with Crippen molar-refractivity contribution in [2.45, 2.75) is 20.3 Å². The molecular formula is C17H20N2O. The van der Waals surface area contributed by atoms with E-state index in [1.165, 1.54) is 5.56 Å². The summed E-state index contributed by atoms with van der Waals surface area (Å²) < 4.78 is 0. The lowest BCUT2D eigenvalue weighted by atomic mass is 10.1. The van der Waals surface area contributed by atoms with Crippen molar-refractivity contribution in [3.05, 3.63) is 59.7 Å². The second kappa shape index (κ2) is 6.24. The fourth-order valence-electron chi connectivity index (χ4n) is 2.17. The minimum atomic E-state index is 0.000697. The molecule has 0 radical (unpaired) electrons. The molecule has 2 aromatic rings. The van der Waals surface area contributed by atoms with Gasteiger partial charge in [0.25, 0.3) is 5.91 Å². The summed E-state index contributed by atoms with van der Waals surface area (Å²) in [5.74, 6) is 0.000697. The molecule has 0 unspecified atom stereocenters. The molecule has 0 aromatic heterocycles. The van der Waals surface area contributed by atoms with Gasteiger partial charge in [0, 0.05) is 23.5 Å². The number of nitrogen functional groups attached to an aromatic ring is 1. The largest absolute Gasteiger partial charge is 0.399 e. The first-order valence-corrected chi connectivity index (χ1v) is 6.92. The van der Waals surface area contributed by atoms with E-state index in [1.54, 1.807) is 4.90 Å². The van der Waals surface area contributed by atoms with E-state index in [9.17, 15) is 4.79 Å². The molecule has 0 aliphatic rings. The first kappa shape index (κ1) is 14.1. The second-order valence-electron chi connectivity index (χ2n) is 4.69. The van der Waals surface area contributed by atoms with Crippen molar-refractivity contribution in [2.24, 2.45) is 0 Å². The molecule has 0 atom stereocenters. The van der Waals surface area contributed by atoms with Crippen molar-refractivity contribution in [1.29, 1.82) is 0 Å². The summed E-state index contributed by atoms with van der Waals surface area (Å²) in [7, 11) is 0. The Balaban J connectivity index is 2.28. The lowest BCUT2D eigenvalue weighted by Gasteiger charge is -2.21. The zero-order chi connectivity index (χ0) is 14.5. The molecule has 0 aliphatic heterocycles. The highest BCUT2D eigenvalue weighted by molar-refractivity contribution is 6.06. The normalized spacial score (nSPS) is 10.3. The number of benzene rings is 2. The Labute approximate surface area is 120 Å². The zero-order valence-corrected chi connectivity index (χ0v) is 12.0. The summed E-state index contributed by atoms with van der Waals surface area (Å²) in [6, 6.07) is 15.2. The maximum absolute atomic E-state index is 12.6. The molecule has 104 valence electrons. The molecular weight excluding hydrogens is 248 g/mol. The second-order valence-corrected chi connectivity index (χ2v) is 4.69. The minimum Gasteiger partial charge on any atom is -0.399 e. The van der Waals surface area contributed by atoms with Crippen LogP contribution in [-0.4, -0.2) is 12.5 Å². The van der Waals surface area contributed by atoms with Crippen LogP contribution in [0.2, 0.25) is 0 Å². The van der Waals surface area contributed by atoms with Gasteiger partial charge < -0.3 is 10.6 Å². The predicted molar refractivity (Wildman–Crippen MR) is 84.0 cm³/mol. The first-order valence-electron chi connectivity index (χ1n) is 6.92. The standard InChI is InChI=1S/C17H20N2O/c1-3-13-8-10-14(11-9-13)17(20)19(4-2)16-7-5-6-15(18)12-16/h5-12H,3-4,18H2,1-2H3. The third-order valence-electron chi connectivity index (χ3n) is 3.35. The van der Waals surface area contributed by atoms with Crippen LogP contribution in [0, 0.1) is 0 Å². The monoisotopic (exact) mass is 268 g/mol. The maximum atomic E-state index is 12.6. The van der Waals surface area contributed by atoms with E-state index in [1.807, 2.05) is 55.5 Å². The van der Waals surface area contributed by atoms with Crippen LogP contribution >= 0.6 is 0 Å². The molecule has 0 heterocycles. The summed E-state index contributed by atoms with van der Waals surface area (Å²) in [6.45, 7) is 4.67. The minimum absolute atomic E-state index is 0.000697. The number of carbonyl (C=O) groups excluding carboxylic acids is 1. The molecule has 2 rings (SSSR count). The average molecular weight is 268 g/mol. The number of nitrogens with two attached hydrogens (primary N) is 1. The number of hydrogen-bond acceptors (Lipinski definition) is 2. The van der Waals surface area contributed by atoms with Crippen molar-refractivity contribution in [2.75, 3.05) is 17.2 Å². The Morgan fingerprint density at radius 2 is 1.80 bits per heavy atom. The Morgan fingerprint density at radius 1 is 1.10 bits per heavy atom. The van der Waals surface area contributed by atoms with Gasteiger partial charge in [0.05, 0.1) is 0 Å². The van der Waals surface area contributed by atoms with Crippen molar-refractivity contribution < 1.29 is 4.79 Å². The van der Waals surface area contributed by atoms with Gasteiger partial charge in [-0.15, -0.1) is 0 Å². The Bertz CT molecular complexity index is 590. The highest BCUT2D eigenvalue weighted by Gasteiger charge is 2.15. The van der Waals surface area contributed by atoms with E-state index in [-0.39, 0.29) is 5.91 Å². The molecule has 2 aromatic carbocycles. The number of amides is 1. The van der Waals surface area contributed by atoms with Crippen LogP contribution in [-0.2, 0) is 6.42 Å². The van der Waals surface area contributed by atoms with Gasteiger partial charge in [-0.3, -0.25) is 4.79 Å². The third-order valence-corrected chi connectivity index (χ3v) is 3.35. The Kier molecular flexibility index (Phi) is 4.41. The molecule has 0 spiro atoms. The Morgan fingerprint density at radius 3 is 2.35 bits per heavy atom. The van der Waals surface area contributed by atoms with Gasteiger partial charge in [-0.05, 0) is 49.2 Å². The van der Waals surface area contributed by atoms with E-state index < -0.39 is 0 Å². The molecule has 0 fully saturated rings. The molecule has 0 saturated carbocycles. The zero-order valence-electron chi connectivity index (χ0n) is 12.0.